The Morgan fingerprint density at radius 3 is 2.73 bits per heavy atom. The van der Waals surface area contributed by atoms with Crippen molar-refractivity contribution in [3.8, 4) is 0 Å². The van der Waals surface area contributed by atoms with E-state index in [1.54, 1.807) is 24.3 Å². The molecule has 0 N–H and O–H groups in total. The molecule has 0 bridgehead atoms. The number of hydrogen-bond acceptors (Lipinski definition) is 3. The molecule has 0 aliphatic carbocycles. The van der Waals surface area contributed by atoms with Crippen molar-refractivity contribution in [2.75, 3.05) is 6.61 Å². The number of ether oxygens (including phenoxy) is 2. The van der Waals surface area contributed by atoms with Crippen molar-refractivity contribution in [3.63, 3.8) is 0 Å². The van der Waals surface area contributed by atoms with Crippen LogP contribution in [0.5, 0.6) is 0 Å². The molecule has 2 radical (unpaired) electrons. The lowest BCUT2D eigenvalue weighted by atomic mass is 9.97. The predicted octanol–water partition coefficient (Wildman–Crippen LogP) is 1.13. The Bertz CT molecular complexity index is 339. The molecule has 1 aliphatic rings. The predicted molar refractivity (Wildman–Crippen MR) is 55.8 cm³/mol. The fourth-order valence-electron chi connectivity index (χ4n) is 1.50. The normalized spacial score (nSPS) is 25.1. The van der Waals surface area contributed by atoms with Gasteiger partial charge in [0.15, 0.2) is 0 Å². The molecule has 3 nitrogen and oxygen atoms in total. The van der Waals surface area contributed by atoms with Crippen LogP contribution >= 0.6 is 0 Å². The molecule has 1 aromatic rings. The second-order valence-electron chi connectivity index (χ2n) is 3.50. The fraction of sp³-hybridized carbons (Fsp3) is 0.364. The lowest BCUT2D eigenvalue weighted by molar-refractivity contribution is 0.0267. The molecule has 15 heavy (non-hydrogen) atoms. The van der Waals surface area contributed by atoms with Crippen molar-refractivity contribution in [1.29, 1.82) is 0 Å². The maximum Gasteiger partial charge on any atom is 0.338 e. The van der Waals surface area contributed by atoms with E-state index in [-0.39, 0.29) is 18.1 Å². The molecule has 1 aromatic carbocycles. The molecule has 0 amide bonds. The lowest BCUT2D eigenvalue weighted by Crippen LogP contribution is -2.18. The van der Waals surface area contributed by atoms with E-state index in [4.69, 9.17) is 17.3 Å². The van der Waals surface area contributed by atoms with Crippen molar-refractivity contribution < 1.29 is 14.3 Å². The summed E-state index contributed by atoms with van der Waals surface area (Å²) in [6.45, 7) is 0.389. The SMILES string of the molecule is [B][C@H]1C[C@H](OC(=O)c2ccccc2)CO1. The van der Waals surface area contributed by atoms with Crippen LogP contribution in [-0.2, 0) is 9.47 Å². The highest BCUT2D eigenvalue weighted by Crippen LogP contribution is 2.15. The molecule has 0 saturated carbocycles. The largest absolute Gasteiger partial charge is 0.456 e. The van der Waals surface area contributed by atoms with Crippen LogP contribution in [0.3, 0.4) is 0 Å². The molecule has 1 saturated heterocycles. The van der Waals surface area contributed by atoms with E-state index in [9.17, 15) is 4.79 Å². The van der Waals surface area contributed by atoms with Crippen molar-refractivity contribution in [1.82, 2.24) is 0 Å². The molecule has 0 unspecified atom stereocenters. The molecular weight excluding hydrogens is 191 g/mol. The number of benzene rings is 1. The van der Waals surface area contributed by atoms with Gasteiger partial charge in [0.05, 0.1) is 12.2 Å². The van der Waals surface area contributed by atoms with Crippen LogP contribution in [0.4, 0.5) is 0 Å². The summed E-state index contributed by atoms with van der Waals surface area (Å²) in [5.74, 6) is -0.321. The van der Waals surface area contributed by atoms with Gasteiger partial charge in [-0.25, -0.2) is 4.79 Å². The summed E-state index contributed by atoms with van der Waals surface area (Å²) < 4.78 is 10.3. The quantitative estimate of drug-likeness (QED) is 0.532. The lowest BCUT2D eigenvalue weighted by Gasteiger charge is -2.09. The van der Waals surface area contributed by atoms with E-state index in [2.05, 4.69) is 0 Å². The minimum Gasteiger partial charge on any atom is -0.456 e. The molecule has 1 aliphatic heterocycles. The van der Waals surface area contributed by atoms with E-state index < -0.39 is 0 Å². The third-order valence-corrected chi connectivity index (χ3v) is 2.27. The van der Waals surface area contributed by atoms with Gasteiger partial charge in [-0.1, -0.05) is 18.2 Å². The van der Waals surface area contributed by atoms with Gasteiger partial charge >= 0.3 is 5.97 Å². The van der Waals surface area contributed by atoms with Crippen LogP contribution in [0.1, 0.15) is 16.8 Å². The Labute approximate surface area is 89.8 Å². The van der Waals surface area contributed by atoms with Crippen LogP contribution in [0.15, 0.2) is 30.3 Å². The molecule has 0 spiro atoms. The highest BCUT2D eigenvalue weighted by Gasteiger charge is 2.25. The first-order valence-corrected chi connectivity index (χ1v) is 4.89. The smallest absolute Gasteiger partial charge is 0.338 e. The minimum atomic E-state index is -0.321. The second kappa shape index (κ2) is 4.49. The number of carbonyl (C=O) groups is 1. The third kappa shape index (κ3) is 2.60. The summed E-state index contributed by atoms with van der Waals surface area (Å²) >= 11 is 0. The fourth-order valence-corrected chi connectivity index (χ4v) is 1.50. The molecule has 2 atom stereocenters. The molecule has 1 heterocycles. The maximum absolute atomic E-state index is 11.6. The molecule has 4 heteroatoms. The first kappa shape index (κ1) is 10.2. The van der Waals surface area contributed by atoms with Crippen LogP contribution in [0.2, 0.25) is 0 Å². The van der Waals surface area contributed by atoms with Crippen molar-refractivity contribution >= 4 is 13.8 Å². The number of carbonyl (C=O) groups excluding carboxylic acids is 1. The highest BCUT2D eigenvalue weighted by molar-refractivity contribution is 6.11. The highest BCUT2D eigenvalue weighted by atomic mass is 16.6. The van der Waals surface area contributed by atoms with Gasteiger partial charge in [0.2, 0.25) is 0 Å². The van der Waals surface area contributed by atoms with Gasteiger partial charge in [0.1, 0.15) is 14.0 Å². The molecule has 0 aromatic heterocycles. The molecule has 76 valence electrons. The molecular formula is C11H11BO3. The Morgan fingerprint density at radius 1 is 1.40 bits per heavy atom. The van der Waals surface area contributed by atoms with Crippen LogP contribution < -0.4 is 0 Å². The zero-order chi connectivity index (χ0) is 10.7. The van der Waals surface area contributed by atoms with Gasteiger partial charge in [-0.2, -0.15) is 0 Å². The average Bonchev–Trinajstić information content (AvgIpc) is 2.65. The van der Waals surface area contributed by atoms with E-state index in [1.165, 1.54) is 0 Å². The zero-order valence-electron chi connectivity index (χ0n) is 8.26. The van der Waals surface area contributed by atoms with Gasteiger partial charge in [0.25, 0.3) is 0 Å². The van der Waals surface area contributed by atoms with Gasteiger partial charge in [0, 0.05) is 12.4 Å². The van der Waals surface area contributed by atoms with Gasteiger partial charge in [-0.05, 0) is 12.1 Å². The van der Waals surface area contributed by atoms with Gasteiger partial charge in [-0.15, -0.1) is 0 Å². The van der Waals surface area contributed by atoms with Crippen molar-refractivity contribution in [2.24, 2.45) is 0 Å². The van der Waals surface area contributed by atoms with E-state index >= 15 is 0 Å². The van der Waals surface area contributed by atoms with E-state index in [0.29, 0.717) is 18.6 Å². The third-order valence-electron chi connectivity index (χ3n) is 2.27. The topological polar surface area (TPSA) is 35.5 Å². The summed E-state index contributed by atoms with van der Waals surface area (Å²) in [6.07, 6.45) is 0.353. The number of rotatable bonds is 2. The van der Waals surface area contributed by atoms with Crippen molar-refractivity contribution in [3.05, 3.63) is 35.9 Å². The van der Waals surface area contributed by atoms with Crippen LogP contribution in [0, 0.1) is 0 Å². The summed E-state index contributed by atoms with van der Waals surface area (Å²) in [7, 11) is 5.53. The molecule has 1 fully saturated rings. The number of esters is 1. The Morgan fingerprint density at radius 2 is 2.13 bits per heavy atom. The standard InChI is InChI=1S/C11H11BO3/c12-10-6-9(7-14-10)15-11(13)8-4-2-1-3-5-8/h1-5,9-10H,6-7H2/t9-,10+/m0/s1. The first-order chi connectivity index (χ1) is 7.25. The molecule has 2 rings (SSSR count). The zero-order valence-corrected chi connectivity index (χ0v) is 8.26. The van der Waals surface area contributed by atoms with Crippen LogP contribution in [-0.4, -0.2) is 32.5 Å². The second-order valence-corrected chi connectivity index (χ2v) is 3.50. The Kier molecular flexibility index (Phi) is 3.06. The summed E-state index contributed by atoms with van der Waals surface area (Å²) in [5.41, 5.74) is 0.554. The Balaban J connectivity index is 1.93. The average molecular weight is 202 g/mol. The summed E-state index contributed by atoms with van der Waals surface area (Å²) in [5, 5.41) is 0. The summed E-state index contributed by atoms with van der Waals surface area (Å²) in [6, 6.07) is 8.58. The van der Waals surface area contributed by atoms with Gasteiger partial charge < -0.3 is 9.47 Å². The van der Waals surface area contributed by atoms with E-state index in [0.717, 1.165) is 0 Å². The maximum atomic E-state index is 11.6. The summed E-state index contributed by atoms with van der Waals surface area (Å²) in [4.78, 5) is 11.6. The van der Waals surface area contributed by atoms with Gasteiger partial charge in [-0.3, -0.25) is 0 Å². The minimum absolute atomic E-state index is 0.215. The first-order valence-electron chi connectivity index (χ1n) is 4.89. The van der Waals surface area contributed by atoms with E-state index in [1.807, 2.05) is 6.07 Å². The monoisotopic (exact) mass is 202 g/mol. The number of hydrogen-bond donors (Lipinski definition) is 0. The van der Waals surface area contributed by atoms with Crippen molar-refractivity contribution in [2.45, 2.75) is 18.5 Å². The Hall–Kier alpha value is -1.29. The van der Waals surface area contributed by atoms with Crippen LogP contribution in [0.25, 0.3) is 0 Å².